The fourth-order valence-electron chi connectivity index (χ4n) is 3.22. The third kappa shape index (κ3) is 3.56. The van der Waals surface area contributed by atoms with Crippen LogP contribution in [0.5, 0.6) is 0 Å². The molecule has 3 aromatic rings. The van der Waals surface area contributed by atoms with Gasteiger partial charge in [0.15, 0.2) is 5.16 Å². The lowest BCUT2D eigenvalue weighted by molar-refractivity contribution is 0.0254. The van der Waals surface area contributed by atoms with Gasteiger partial charge < -0.3 is 10.5 Å². The van der Waals surface area contributed by atoms with Crippen molar-refractivity contribution in [2.75, 3.05) is 5.73 Å². The van der Waals surface area contributed by atoms with Crippen LogP contribution in [0, 0.1) is 5.82 Å². The summed E-state index contributed by atoms with van der Waals surface area (Å²) in [5.41, 5.74) is 8.58. The summed E-state index contributed by atoms with van der Waals surface area (Å²) < 4.78 is 19.0. The van der Waals surface area contributed by atoms with Crippen LogP contribution in [0.25, 0.3) is 10.2 Å². The Morgan fingerprint density at radius 3 is 2.88 bits per heavy atom. The molecule has 0 spiro atoms. The first-order valence-electron chi connectivity index (χ1n) is 8.70. The molecule has 4 nitrogen and oxygen atoms in total. The van der Waals surface area contributed by atoms with Crippen molar-refractivity contribution in [1.82, 2.24) is 9.97 Å². The predicted molar refractivity (Wildman–Crippen MR) is 105 cm³/mol. The number of nitrogens with two attached hydrogens (primary N) is 1. The quantitative estimate of drug-likeness (QED) is 0.494. The van der Waals surface area contributed by atoms with Crippen molar-refractivity contribution in [3.63, 3.8) is 0 Å². The number of halogens is 1. The maximum atomic E-state index is 13.0. The van der Waals surface area contributed by atoms with Crippen molar-refractivity contribution >= 4 is 39.1 Å². The van der Waals surface area contributed by atoms with Crippen molar-refractivity contribution in [3.8, 4) is 0 Å². The van der Waals surface area contributed by atoms with Crippen LogP contribution in [-0.4, -0.2) is 16.1 Å². The van der Waals surface area contributed by atoms with Gasteiger partial charge in [-0.05, 0) is 29.7 Å². The summed E-state index contributed by atoms with van der Waals surface area (Å²) in [5.74, 6) is 0.998. The summed E-state index contributed by atoms with van der Waals surface area (Å²) in [7, 11) is 0. The zero-order chi connectivity index (χ0) is 18.1. The normalized spacial score (nSPS) is 16.8. The Kier molecular flexibility index (Phi) is 5.11. The van der Waals surface area contributed by atoms with E-state index < -0.39 is 0 Å². The average Bonchev–Trinajstić information content (AvgIpc) is 3.00. The molecule has 2 aromatic heterocycles. The first kappa shape index (κ1) is 17.7. The minimum Gasteiger partial charge on any atom is -0.383 e. The van der Waals surface area contributed by atoms with Gasteiger partial charge >= 0.3 is 0 Å². The van der Waals surface area contributed by atoms with Gasteiger partial charge in [0.1, 0.15) is 16.5 Å². The van der Waals surface area contributed by atoms with Crippen LogP contribution < -0.4 is 5.73 Å². The maximum Gasteiger partial charge on any atom is 0.191 e. The van der Waals surface area contributed by atoms with Gasteiger partial charge in [-0.15, -0.1) is 11.3 Å². The fourth-order valence-corrected chi connectivity index (χ4v) is 5.22. The molecule has 0 bridgehead atoms. The molecule has 136 valence electrons. The number of nitrogens with zero attached hydrogens (tertiary/aromatic N) is 2. The molecule has 1 aliphatic rings. The minimum absolute atomic E-state index is 0.228. The monoisotopic (exact) mass is 389 g/mol. The Labute approximate surface area is 160 Å². The molecule has 0 radical (unpaired) electrons. The number of rotatable bonds is 5. The molecule has 0 aliphatic carbocycles. The predicted octanol–water partition coefficient (Wildman–Crippen LogP) is 4.95. The number of anilines is 1. The lowest BCUT2D eigenvalue weighted by atomic mass is 10.0. The van der Waals surface area contributed by atoms with E-state index in [0.29, 0.717) is 23.3 Å². The molecule has 0 saturated heterocycles. The van der Waals surface area contributed by atoms with Crippen LogP contribution in [0.4, 0.5) is 10.2 Å². The number of hydrogen-bond donors (Lipinski definition) is 1. The Bertz CT molecular complexity index is 927. The fraction of sp³-hybridized carbons (Fsp3) is 0.368. The highest BCUT2D eigenvalue weighted by Crippen LogP contribution is 2.39. The second-order valence-corrected chi connectivity index (χ2v) is 8.44. The molecule has 0 unspecified atom stereocenters. The molecule has 7 heteroatoms. The van der Waals surface area contributed by atoms with Gasteiger partial charge in [0.2, 0.25) is 0 Å². The van der Waals surface area contributed by atoms with Crippen molar-refractivity contribution < 1.29 is 9.13 Å². The van der Waals surface area contributed by atoms with E-state index in [1.807, 2.05) is 0 Å². The lowest BCUT2D eigenvalue weighted by Gasteiger charge is -2.22. The molecule has 0 fully saturated rings. The molecular weight excluding hydrogens is 369 g/mol. The Morgan fingerprint density at radius 1 is 1.31 bits per heavy atom. The molecule has 4 rings (SSSR count). The molecule has 1 aromatic carbocycles. The second kappa shape index (κ2) is 7.50. The largest absolute Gasteiger partial charge is 0.383 e. The van der Waals surface area contributed by atoms with Gasteiger partial charge in [-0.25, -0.2) is 14.4 Å². The summed E-state index contributed by atoms with van der Waals surface area (Å²) in [6, 6.07) is 6.49. The highest BCUT2D eigenvalue weighted by atomic mass is 32.2. The number of nitrogen functional groups attached to an aromatic ring is 1. The molecule has 26 heavy (non-hydrogen) atoms. The van der Waals surface area contributed by atoms with Gasteiger partial charge in [0.25, 0.3) is 0 Å². The number of ether oxygens (including phenoxy) is 1. The summed E-state index contributed by atoms with van der Waals surface area (Å²) in [4.78, 5) is 11.4. The van der Waals surface area contributed by atoms with Crippen LogP contribution in [0.2, 0.25) is 0 Å². The van der Waals surface area contributed by atoms with Gasteiger partial charge in [-0.2, -0.15) is 0 Å². The topological polar surface area (TPSA) is 61.0 Å². The van der Waals surface area contributed by atoms with E-state index in [2.05, 4.69) is 11.9 Å². The summed E-state index contributed by atoms with van der Waals surface area (Å²) >= 11 is 3.17. The smallest absolute Gasteiger partial charge is 0.191 e. The number of benzene rings is 1. The molecule has 0 saturated carbocycles. The van der Waals surface area contributed by atoms with Crippen molar-refractivity contribution in [3.05, 3.63) is 46.1 Å². The van der Waals surface area contributed by atoms with Gasteiger partial charge in [-0.3, -0.25) is 0 Å². The zero-order valence-corrected chi connectivity index (χ0v) is 16.1. The van der Waals surface area contributed by atoms with Crippen LogP contribution in [0.3, 0.4) is 0 Å². The van der Waals surface area contributed by atoms with E-state index in [9.17, 15) is 4.39 Å². The van der Waals surface area contributed by atoms with E-state index in [1.54, 1.807) is 23.5 Å². The van der Waals surface area contributed by atoms with Crippen LogP contribution in [-0.2, 0) is 23.5 Å². The van der Waals surface area contributed by atoms with Crippen LogP contribution >= 0.6 is 23.1 Å². The second-order valence-electron chi connectivity index (χ2n) is 6.42. The Balaban J connectivity index is 1.58. The van der Waals surface area contributed by atoms with Crippen molar-refractivity contribution in [1.29, 1.82) is 0 Å². The average molecular weight is 390 g/mol. The third-order valence-corrected chi connectivity index (χ3v) is 6.53. The number of fused-ring (bicyclic) bond motifs is 3. The van der Waals surface area contributed by atoms with E-state index in [1.165, 1.54) is 34.3 Å². The SMILES string of the molecule is CCC[C@@H]1Cc2c(sc3nc(SCc4ccc(F)cc4)nc(N)c23)CO1. The molecule has 2 N–H and O–H groups in total. The molecule has 1 atom stereocenters. The van der Waals surface area contributed by atoms with Crippen LogP contribution in [0.1, 0.15) is 35.8 Å². The van der Waals surface area contributed by atoms with Crippen molar-refractivity contribution in [2.24, 2.45) is 0 Å². The highest BCUT2D eigenvalue weighted by molar-refractivity contribution is 7.98. The molecular formula is C19H20FN3OS2. The first-order valence-corrected chi connectivity index (χ1v) is 10.5. The number of thiophene rings is 1. The molecule has 0 amide bonds. The van der Waals surface area contributed by atoms with Crippen LogP contribution in [0.15, 0.2) is 29.4 Å². The Morgan fingerprint density at radius 2 is 2.12 bits per heavy atom. The summed E-state index contributed by atoms with van der Waals surface area (Å²) in [6.45, 7) is 2.81. The van der Waals surface area contributed by atoms with Gasteiger partial charge in [0, 0.05) is 17.1 Å². The molecule has 3 heterocycles. The van der Waals surface area contributed by atoms with E-state index in [4.69, 9.17) is 15.5 Å². The van der Waals surface area contributed by atoms with Gasteiger partial charge in [0.05, 0.1) is 18.1 Å². The number of hydrogen-bond acceptors (Lipinski definition) is 6. The molecule has 1 aliphatic heterocycles. The Hall–Kier alpha value is -1.70. The third-order valence-electron chi connectivity index (χ3n) is 4.52. The zero-order valence-electron chi connectivity index (χ0n) is 14.5. The summed E-state index contributed by atoms with van der Waals surface area (Å²) in [5, 5.41) is 1.66. The standard InChI is InChI=1S/C19H20FN3OS2/c1-2-3-13-8-14-15(9-24-13)26-18-16(14)17(21)22-19(23-18)25-10-11-4-6-12(20)7-5-11/h4-7,13H,2-3,8-10H2,1H3,(H2,21,22,23)/t13-/m1/s1. The lowest BCUT2D eigenvalue weighted by Crippen LogP contribution is -2.21. The number of aromatic nitrogens is 2. The van der Waals surface area contributed by atoms with Crippen molar-refractivity contribution in [2.45, 2.75) is 49.8 Å². The maximum absolute atomic E-state index is 13.0. The highest BCUT2D eigenvalue weighted by Gasteiger charge is 2.25. The number of thioether (sulfide) groups is 1. The van der Waals surface area contributed by atoms with E-state index in [-0.39, 0.29) is 11.9 Å². The minimum atomic E-state index is -0.228. The van der Waals surface area contributed by atoms with E-state index >= 15 is 0 Å². The summed E-state index contributed by atoms with van der Waals surface area (Å²) in [6.07, 6.45) is 3.32. The van der Waals surface area contributed by atoms with Gasteiger partial charge in [-0.1, -0.05) is 37.2 Å². The first-order chi connectivity index (χ1) is 12.6. The van der Waals surface area contributed by atoms with E-state index in [0.717, 1.165) is 35.0 Å².